The fourth-order valence-corrected chi connectivity index (χ4v) is 1.05. The van der Waals surface area contributed by atoms with E-state index in [9.17, 15) is 4.79 Å². The summed E-state index contributed by atoms with van der Waals surface area (Å²) in [7, 11) is 1.34. The number of carbonyl (C=O) groups is 1. The van der Waals surface area contributed by atoms with Crippen molar-refractivity contribution in [2.24, 2.45) is 5.90 Å². The Balaban J connectivity index is 2.97. The van der Waals surface area contributed by atoms with Crippen LogP contribution in [0.2, 0.25) is 0 Å². The Kier molecular flexibility index (Phi) is 3.48. The molecule has 1 aromatic rings. The van der Waals surface area contributed by atoms with Gasteiger partial charge in [0.25, 0.3) is 0 Å². The lowest BCUT2D eigenvalue weighted by molar-refractivity contribution is 0.0740. The molecule has 0 fully saturated rings. The molecule has 2 N–H and O–H groups in total. The van der Waals surface area contributed by atoms with Crippen LogP contribution < -0.4 is 5.90 Å². The van der Waals surface area contributed by atoms with Crippen molar-refractivity contribution in [1.82, 2.24) is 0 Å². The molecule has 0 aliphatic carbocycles. The highest BCUT2D eigenvalue weighted by Gasteiger charge is 2.09. The van der Waals surface area contributed by atoms with E-state index in [4.69, 9.17) is 5.90 Å². The molecule has 0 aromatic heterocycles. The van der Waals surface area contributed by atoms with Crippen LogP contribution in [-0.2, 0) is 16.1 Å². The van der Waals surface area contributed by atoms with Crippen LogP contribution in [0.25, 0.3) is 0 Å². The number of benzene rings is 1. The fourth-order valence-electron chi connectivity index (χ4n) is 1.05. The van der Waals surface area contributed by atoms with Crippen LogP contribution in [0.15, 0.2) is 24.3 Å². The quantitative estimate of drug-likeness (QED) is 0.514. The van der Waals surface area contributed by atoms with Gasteiger partial charge in [0.15, 0.2) is 0 Å². The maximum atomic E-state index is 11.2. The fraction of sp³-hybridized carbons (Fsp3) is 0.125. The lowest BCUT2D eigenvalue weighted by Crippen LogP contribution is -2.08. The first-order valence-electron chi connectivity index (χ1n) is 3.77. The van der Waals surface area contributed by atoms with Gasteiger partial charge in [0.2, 0.25) is 0 Å². The smallest absolute Gasteiger partial charge is 0.326 e. The largest absolute Gasteiger partial charge is 0.540 e. The summed E-state index contributed by atoms with van der Waals surface area (Å²) < 4.78 is 4.59. The highest BCUT2D eigenvalue weighted by atomic mass is 16.6. The molecule has 0 heterocycles. The summed E-state index contributed by atoms with van der Waals surface area (Å²) >= 11 is 0. The van der Waals surface area contributed by atoms with Crippen molar-refractivity contribution in [3.8, 4) is 0 Å². The van der Waals surface area contributed by atoms with Gasteiger partial charge in [-0.3, -0.25) is 4.84 Å². The molecule has 0 atom stereocenters. The summed E-state index contributed by atoms with van der Waals surface area (Å²) in [6.07, 6.45) is 0. The van der Waals surface area contributed by atoms with Gasteiger partial charge in [0, 0.05) is 0 Å². The number of carbonyl (C=O) groups excluding carboxylic acids is 1. The molecule has 0 radical (unpaired) electrons. The molecular weight excluding hydrogens is 169 g/mol. The molecule has 0 unspecified atom stereocenters. The van der Waals surface area contributed by atoms with E-state index < -0.39 is 0 Å². The predicted molar refractivity (Wildman–Crippen MR) is 49.4 cm³/mol. The van der Waals surface area contributed by atoms with Crippen LogP contribution in [0.1, 0.15) is 15.9 Å². The minimum Gasteiger partial charge on any atom is -0.540 e. The Morgan fingerprint density at radius 3 is 2.77 bits per heavy atom. The standard InChI is InChI=1S/C8H10BNO3/c9-13-8(11)7-4-2-1-3-6(7)5-12-10/h1-4H,5,9-10H2. The molecule has 1 rings (SSSR count). The Morgan fingerprint density at radius 2 is 2.15 bits per heavy atom. The zero-order chi connectivity index (χ0) is 9.68. The summed E-state index contributed by atoms with van der Waals surface area (Å²) in [6.45, 7) is 0.200. The Labute approximate surface area is 77.0 Å². The normalized spacial score (nSPS) is 9.62. The lowest BCUT2D eigenvalue weighted by Gasteiger charge is -2.05. The molecule has 1 aromatic carbocycles. The molecule has 0 spiro atoms. The number of hydrogen-bond acceptors (Lipinski definition) is 4. The van der Waals surface area contributed by atoms with Crippen LogP contribution >= 0.6 is 0 Å². The molecule has 13 heavy (non-hydrogen) atoms. The van der Waals surface area contributed by atoms with Gasteiger partial charge in [-0.2, -0.15) is 0 Å². The van der Waals surface area contributed by atoms with Crippen molar-refractivity contribution in [1.29, 1.82) is 0 Å². The zero-order valence-corrected chi connectivity index (χ0v) is 7.32. The van der Waals surface area contributed by atoms with E-state index in [1.165, 1.54) is 8.05 Å². The average Bonchev–Trinajstić information content (AvgIpc) is 2.18. The summed E-state index contributed by atoms with van der Waals surface area (Å²) in [5.74, 6) is 4.54. The van der Waals surface area contributed by atoms with E-state index in [1.54, 1.807) is 24.3 Å². The maximum Gasteiger partial charge on any atom is 0.326 e. The summed E-state index contributed by atoms with van der Waals surface area (Å²) in [4.78, 5) is 15.6. The Hall–Kier alpha value is -1.33. The van der Waals surface area contributed by atoms with Crippen LogP contribution in [0, 0.1) is 0 Å². The first-order valence-corrected chi connectivity index (χ1v) is 3.77. The Morgan fingerprint density at radius 1 is 1.46 bits per heavy atom. The van der Waals surface area contributed by atoms with Gasteiger partial charge in [-0.25, -0.2) is 10.7 Å². The van der Waals surface area contributed by atoms with E-state index in [1.807, 2.05) is 0 Å². The van der Waals surface area contributed by atoms with Crippen molar-refractivity contribution in [3.63, 3.8) is 0 Å². The van der Waals surface area contributed by atoms with Gasteiger partial charge in [0.1, 0.15) is 0 Å². The number of rotatable bonds is 3. The summed E-state index contributed by atoms with van der Waals surface area (Å²) in [5.41, 5.74) is 1.20. The number of nitrogens with two attached hydrogens (primary N) is 1. The third kappa shape index (κ3) is 2.30. The molecule has 4 nitrogen and oxygen atoms in total. The zero-order valence-electron chi connectivity index (χ0n) is 7.32. The molecule has 0 saturated heterocycles. The predicted octanol–water partition coefficient (Wildman–Crippen LogP) is -0.218. The molecule has 0 saturated carbocycles. The average molecular weight is 179 g/mol. The van der Waals surface area contributed by atoms with Crippen LogP contribution in [0.3, 0.4) is 0 Å². The molecule has 5 heteroatoms. The highest BCUT2D eigenvalue weighted by molar-refractivity contribution is 6.09. The van der Waals surface area contributed by atoms with E-state index in [0.29, 0.717) is 5.56 Å². The van der Waals surface area contributed by atoms with Crippen molar-refractivity contribution < 1.29 is 14.3 Å². The monoisotopic (exact) mass is 179 g/mol. The second-order valence-electron chi connectivity index (χ2n) is 2.46. The molecule has 0 aliphatic heterocycles. The van der Waals surface area contributed by atoms with Gasteiger partial charge in [-0.15, -0.1) is 0 Å². The third-order valence-corrected chi connectivity index (χ3v) is 1.66. The van der Waals surface area contributed by atoms with Gasteiger partial charge in [-0.05, 0) is 11.6 Å². The molecular formula is C8H10BNO3. The van der Waals surface area contributed by atoms with E-state index in [-0.39, 0.29) is 12.6 Å². The van der Waals surface area contributed by atoms with Crippen LogP contribution in [-0.4, -0.2) is 14.0 Å². The van der Waals surface area contributed by atoms with E-state index >= 15 is 0 Å². The van der Waals surface area contributed by atoms with Crippen LogP contribution in [0.4, 0.5) is 0 Å². The molecule has 0 aliphatic rings. The van der Waals surface area contributed by atoms with Gasteiger partial charge >= 0.3 is 14.0 Å². The first kappa shape index (κ1) is 9.76. The van der Waals surface area contributed by atoms with Crippen molar-refractivity contribution >= 4 is 14.0 Å². The minimum atomic E-state index is -0.382. The SMILES string of the molecule is BOC(=O)c1ccccc1CON. The molecule has 0 bridgehead atoms. The minimum absolute atomic E-state index is 0.200. The molecule has 68 valence electrons. The van der Waals surface area contributed by atoms with Gasteiger partial charge in [-0.1, -0.05) is 18.2 Å². The van der Waals surface area contributed by atoms with Crippen LogP contribution in [0.5, 0.6) is 0 Å². The van der Waals surface area contributed by atoms with Gasteiger partial charge in [0.05, 0.1) is 12.2 Å². The second-order valence-corrected chi connectivity index (χ2v) is 2.46. The van der Waals surface area contributed by atoms with Crippen molar-refractivity contribution in [2.75, 3.05) is 0 Å². The highest BCUT2D eigenvalue weighted by Crippen LogP contribution is 2.10. The Bertz CT molecular complexity index is 303. The summed E-state index contributed by atoms with van der Waals surface area (Å²) in [6, 6.07) is 6.99. The maximum absolute atomic E-state index is 11.2. The van der Waals surface area contributed by atoms with Gasteiger partial charge < -0.3 is 4.65 Å². The lowest BCUT2D eigenvalue weighted by atomic mass is 10.1. The van der Waals surface area contributed by atoms with Crippen molar-refractivity contribution in [2.45, 2.75) is 6.61 Å². The van der Waals surface area contributed by atoms with Crippen molar-refractivity contribution in [3.05, 3.63) is 35.4 Å². The number of hydrogen-bond donors (Lipinski definition) is 1. The van der Waals surface area contributed by atoms with E-state index in [2.05, 4.69) is 9.49 Å². The topological polar surface area (TPSA) is 61.5 Å². The third-order valence-electron chi connectivity index (χ3n) is 1.66. The molecule has 0 amide bonds. The summed E-state index contributed by atoms with van der Waals surface area (Å²) in [5, 5.41) is 0. The van der Waals surface area contributed by atoms with E-state index in [0.717, 1.165) is 5.56 Å². The first-order chi connectivity index (χ1) is 6.29. The second kappa shape index (κ2) is 4.64.